The van der Waals surface area contributed by atoms with Gasteiger partial charge in [-0.05, 0) is 31.4 Å². The molecule has 0 spiro atoms. The van der Waals surface area contributed by atoms with Crippen LogP contribution in [0.5, 0.6) is 0 Å². The SMILES string of the molecule is Cc1nn(Cc2ccccc2)c(Cl)c1/C=C/C(=O)NC(C)C(C)C. The molecule has 1 aromatic heterocycles. The first-order valence-electron chi connectivity index (χ1n) is 8.14. The van der Waals surface area contributed by atoms with Gasteiger partial charge in [0.1, 0.15) is 5.15 Å². The average Bonchev–Trinajstić information content (AvgIpc) is 2.80. The highest BCUT2D eigenvalue weighted by molar-refractivity contribution is 6.31. The molecular formula is C19H24ClN3O. The van der Waals surface area contributed by atoms with Gasteiger partial charge in [-0.25, -0.2) is 4.68 Å². The first-order valence-corrected chi connectivity index (χ1v) is 8.51. The zero-order valence-corrected chi connectivity index (χ0v) is 15.3. The summed E-state index contributed by atoms with van der Waals surface area (Å²) in [6.07, 6.45) is 3.25. The lowest BCUT2D eigenvalue weighted by atomic mass is 10.1. The number of amides is 1. The Labute approximate surface area is 148 Å². The maximum absolute atomic E-state index is 12.0. The third kappa shape index (κ3) is 4.71. The summed E-state index contributed by atoms with van der Waals surface area (Å²) in [6, 6.07) is 10.1. The van der Waals surface area contributed by atoms with E-state index in [9.17, 15) is 4.79 Å². The number of aromatic nitrogens is 2. The standard InChI is InChI=1S/C19H24ClN3O/c1-13(2)14(3)21-18(24)11-10-17-15(4)22-23(19(17)20)12-16-8-6-5-7-9-16/h5-11,13-14H,12H2,1-4H3,(H,21,24)/b11-10+. The van der Waals surface area contributed by atoms with Crippen molar-refractivity contribution < 1.29 is 4.79 Å². The predicted molar refractivity (Wildman–Crippen MR) is 99.0 cm³/mol. The van der Waals surface area contributed by atoms with Crippen LogP contribution in [0.2, 0.25) is 5.15 Å². The van der Waals surface area contributed by atoms with E-state index in [1.807, 2.05) is 44.2 Å². The van der Waals surface area contributed by atoms with Crippen LogP contribution in [-0.4, -0.2) is 21.7 Å². The normalized spacial score (nSPS) is 12.8. The Bertz CT molecular complexity index is 720. The van der Waals surface area contributed by atoms with Crippen LogP contribution in [0.4, 0.5) is 0 Å². The van der Waals surface area contributed by atoms with E-state index in [4.69, 9.17) is 11.6 Å². The molecule has 0 bridgehead atoms. The largest absolute Gasteiger partial charge is 0.350 e. The molecule has 2 aromatic rings. The Morgan fingerprint density at radius 1 is 1.29 bits per heavy atom. The maximum atomic E-state index is 12.0. The first-order chi connectivity index (χ1) is 11.4. The molecular weight excluding hydrogens is 322 g/mol. The molecule has 1 heterocycles. The second-order valence-electron chi connectivity index (χ2n) is 6.31. The fraction of sp³-hybridized carbons (Fsp3) is 0.368. The van der Waals surface area contributed by atoms with Crippen molar-refractivity contribution in [2.75, 3.05) is 0 Å². The Balaban J connectivity index is 2.11. The molecule has 1 atom stereocenters. The summed E-state index contributed by atoms with van der Waals surface area (Å²) in [6.45, 7) is 8.63. The molecule has 0 radical (unpaired) electrons. The Kier molecular flexibility index (Phi) is 6.21. The van der Waals surface area contributed by atoms with Crippen LogP contribution in [0.3, 0.4) is 0 Å². The summed E-state index contributed by atoms with van der Waals surface area (Å²) in [5, 5.41) is 7.95. The van der Waals surface area contributed by atoms with E-state index in [1.54, 1.807) is 10.8 Å². The van der Waals surface area contributed by atoms with Crippen molar-refractivity contribution in [2.45, 2.75) is 40.3 Å². The summed E-state index contributed by atoms with van der Waals surface area (Å²) < 4.78 is 1.75. The fourth-order valence-corrected chi connectivity index (χ4v) is 2.51. The number of hydrogen-bond acceptors (Lipinski definition) is 2. The van der Waals surface area contributed by atoms with Crippen molar-refractivity contribution in [3.8, 4) is 0 Å². The van der Waals surface area contributed by atoms with Crippen LogP contribution in [0.25, 0.3) is 6.08 Å². The average molecular weight is 346 g/mol. The zero-order chi connectivity index (χ0) is 17.7. The molecule has 0 saturated heterocycles. The smallest absolute Gasteiger partial charge is 0.244 e. The van der Waals surface area contributed by atoms with Crippen LogP contribution < -0.4 is 5.32 Å². The Hall–Kier alpha value is -2.07. The minimum Gasteiger partial charge on any atom is -0.350 e. The van der Waals surface area contributed by atoms with Crippen LogP contribution in [-0.2, 0) is 11.3 Å². The summed E-state index contributed by atoms with van der Waals surface area (Å²) in [5.74, 6) is 0.267. The Morgan fingerprint density at radius 3 is 2.58 bits per heavy atom. The fourth-order valence-electron chi connectivity index (χ4n) is 2.22. The highest BCUT2D eigenvalue weighted by Crippen LogP contribution is 2.22. The maximum Gasteiger partial charge on any atom is 0.244 e. The quantitative estimate of drug-likeness (QED) is 0.802. The third-order valence-corrected chi connectivity index (χ3v) is 4.45. The summed E-state index contributed by atoms with van der Waals surface area (Å²) >= 11 is 6.44. The van der Waals surface area contributed by atoms with E-state index in [0.717, 1.165) is 16.8 Å². The van der Waals surface area contributed by atoms with Crippen LogP contribution >= 0.6 is 11.6 Å². The minimum atomic E-state index is -0.123. The number of benzene rings is 1. The van der Waals surface area contributed by atoms with E-state index in [2.05, 4.69) is 24.3 Å². The molecule has 1 amide bonds. The van der Waals surface area contributed by atoms with Gasteiger partial charge in [0.2, 0.25) is 5.91 Å². The van der Waals surface area contributed by atoms with Gasteiger partial charge in [-0.1, -0.05) is 55.8 Å². The van der Waals surface area contributed by atoms with Crippen molar-refractivity contribution in [1.29, 1.82) is 0 Å². The molecule has 24 heavy (non-hydrogen) atoms. The molecule has 1 N–H and O–H groups in total. The lowest BCUT2D eigenvalue weighted by Crippen LogP contribution is -2.34. The summed E-state index contributed by atoms with van der Waals surface area (Å²) in [7, 11) is 0. The van der Waals surface area contributed by atoms with Crippen molar-refractivity contribution in [3.63, 3.8) is 0 Å². The van der Waals surface area contributed by atoms with Gasteiger partial charge in [0.15, 0.2) is 0 Å². The number of carbonyl (C=O) groups excluding carboxylic acids is 1. The molecule has 1 aromatic carbocycles. The van der Waals surface area contributed by atoms with Crippen LogP contribution in [0.15, 0.2) is 36.4 Å². The van der Waals surface area contributed by atoms with Gasteiger partial charge in [-0.3, -0.25) is 4.79 Å². The Morgan fingerprint density at radius 2 is 1.96 bits per heavy atom. The molecule has 2 rings (SSSR count). The summed E-state index contributed by atoms with van der Waals surface area (Å²) in [4.78, 5) is 12.0. The first kappa shape index (κ1) is 18.3. The van der Waals surface area contributed by atoms with Crippen molar-refractivity contribution in [3.05, 3.63) is 58.4 Å². The van der Waals surface area contributed by atoms with E-state index in [0.29, 0.717) is 17.6 Å². The van der Waals surface area contributed by atoms with Gasteiger partial charge in [0, 0.05) is 17.7 Å². The van der Waals surface area contributed by atoms with Gasteiger partial charge in [0.25, 0.3) is 0 Å². The van der Waals surface area contributed by atoms with E-state index >= 15 is 0 Å². The second kappa shape index (κ2) is 8.15. The highest BCUT2D eigenvalue weighted by Gasteiger charge is 2.13. The minimum absolute atomic E-state index is 0.123. The number of aryl methyl sites for hydroxylation is 1. The number of nitrogens with zero attached hydrogens (tertiary/aromatic N) is 2. The number of carbonyl (C=O) groups is 1. The van der Waals surface area contributed by atoms with Crippen molar-refractivity contribution in [2.24, 2.45) is 5.92 Å². The van der Waals surface area contributed by atoms with E-state index < -0.39 is 0 Å². The van der Waals surface area contributed by atoms with Gasteiger partial charge in [-0.15, -0.1) is 0 Å². The molecule has 0 saturated carbocycles. The zero-order valence-electron chi connectivity index (χ0n) is 14.6. The molecule has 0 aliphatic heterocycles. The third-order valence-electron chi connectivity index (χ3n) is 4.06. The molecule has 5 heteroatoms. The summed E-state index contributed by atoms with van der Waals surface area (Å²) in [5.41, 5.74) is 2.71. The van der Waals surface area contributed by atoms with E-state index in [1.165, 1.54) is 6.08 Å². The van der Waals surface area contributed by atoms with E-state index in [-0.39, 0.29) is 11.9 Å². The number of halogens is 1. The van der Waals surface area contributed by atoms with Crippen molar-refractivity contribution in [1.82, 2.24) is 15.1 Å². The number of nitrogens with one attached hydrogen (secondary N) is 1. The van der Waals surface area contributed by atoms with Gasteiger partial charge in [-0.2, -0.15) is 5.10 Å². The molecule has 0 fully saturated rings. The van der Waals surface area contributed by atoms with Gasteiger partial charge >= 0.3 is 0 Å². The van der Waals surface area contributed by atoms with Crippen molar-refractivity contribution >= 4 is 23.6 Å². The highest BCUT2D eigenvalue weighted by atomic mass is 35.5. The van der Waals surface area contributed by atoms with Gasteiger partial charge in [0.05, 0.1) is 12.2 Å². The topological polar surface area (TPSA) is 46.9 Å². The van der Waals surface area contributed by atoms with Gasteiger partial charge < -0.3 is 5.32 Å². The molecule has 0 aliphatic carbocycles. The van der Waals surface area contributed by atoms with Crippen LogP contribution in [0, 0.1) is 12.8 Å². The monoisotopic (exact) mass is 345 g/mol. The molecule has 4 nitrogen and oxygen atoms in total. The molecule has 0 aliphatic rings. The number of rotatable bonds is 6. The molecule has 1 unspecified atom stereocenters. The predicted octanol–water partition coefficient (Wildman–Crippen LogP) is 4.07. The lowest BCUT2D eigenvalue weighted by Gasteiger charge is -2.15. The number of hydrogen-bond donors (Lipinski definition) is 1. The second-order valence-corrected chi connectivity index (χ2v) is 6.67. The van der Waals surface area contributed by atoms with Crippen LogP contribution in [0.1, 0.15) is 37.6 Å². The lowest BCUT2D eigenvalue weighted by molar-refractivity contribution is -0.117. The molecule has 128 valence electrons.